The van der Waals surface area contributed by atoms with E-state index in [-0.39, 0.29) is 5.97 Å². The zero-order chi connectivity index (χ0) is 13.7. The lowest BCUT2D eigenvalue weighted by Crippen LogP contribution is -2.34. The maximum absolute atomic E-state index is 11.4. The molecular weight excluding hydrogens is 244 g/mol. The molecule has 1 atom stereocenters. The number of esters is 1. The largest absolute Gasteiger partial charge is 0.465 e. The maximum Gasteiger partial charge on any atom is 0.337 e. The fraction of sp³-hybridized carbons (Fsp3) is 0.533. The molecule has 4 nitrogen and oxygen atoms in total. The van der Waals surface area contributed by atoms with E-state index < -0.39 is 5.79 Å². The van der Waals surface area contributed by atoms with Crippen LogP contribution in [0.4, 0.5) is 0 Å². The van der Waals surface area contributed by atoms with Crippen molar-refractivity contribution in [1.29, 1.82) is 0 Å². The Morgan fingerprint density at radius 3 is 2.63 bits per heavy atom. The molecule has 1 aromatic rings. The average Bonchev–Trinajstić information content (AvgIpc) is 2.87. The van der Waals surface area contributed by atoms with Crippen molar-refractivity contribution in [3.8, 4) is 0 Å². The summed E-state index contributed by atoms with van der Waals surface area (Å²) in [4.78, 5) is 11.4. The van der Waals surface area contributed by atoms with Crippen molar-refractivity contribution in [2.75, 3.05) is 20.3 Å². The third kappa shape index (κ3) is 3.33. The monoisotopic (exact) mass is 264 g/mol. The van der Waals surface area contributed by atoms with Gasteiger partial charge < -0.3 is 14.2 Å². The summed E-state index contributed by atoms with van der Waals surface area (Å²) in [6, 6.07) is 7.40. The standard InChI is InChI=1S/C15H20O4/c1-3-18-15(9-4-10-19-15)11-12-5-7-13(8-6-12)14(16)17-2/h5-8H,3-4,9-11H2,1-2H3. The summed E-state index contributed by atoms with van der Waals surface area (Å²) in [6.07, 6.45) is 2.65. The minimum absolute atomic E-state index is 0.316. The first-order chi connectivity index (χ1) is 9.19. The topological polar surface area (TPSA) is 44.8 Å². The first kappa shape index (κ1) is 14.0. The summed E-state index contributed by atoms with van der Waals surface area (Å²) < 4.78 is 16.2. The summed E-state index contributed by atoms with van der Waals surface area (Å²) >= 11 is 0. The van der Waals surface area contributed by atoms with Crippen molar-refractivity contribution in [2.45, 2.75) is 32.0 Å². The fourth-order valence-corrected chi connectivity index (χ4v) is 2.43. The molecule has 0 radical (unpaired) electrons. The number of benzene rings is 1. The first-order valence-electron chi connectivity index (χ1n) is 6.64. The van der Waals surface area contributed by atoms with E-state index in [4.69, 9.17) is 9.47 Å². The number of carbonyl (C=O) groups excluding carboxylic acids is 1. The maximum atomic E-state index is 11.4. The predicted molar refractivity (Wildman–Crippen MR) is 71.0 cm³/mol. The van der Waals surface area contributed by atoms with Gasteiger partial charge in [-0.2, -0.15) is 0 Å². The third-order valence-corrected chi connectivity index (χ3v) is 3.32. The summed E-state index contributed by atoms with van der Waals surface area (Å²) in [5.74, 6) is -0.801. The SMILES string of the molecule is CCOC1(Cc2ccc(C(=O)OC)cc2)CCCO1. The van der Waals surface area contributed by atoms with E-state index in [1.165, 1.54) is 7.11 Å². The van der Waals surface area contributed by atoms with Crippen LogP contribution in [0.5, 0.6) is 0 Å². The number of hydrogen-bond donors (Lipinski definition) is 0. The summed E-state index contributed by atoms with van der Waals surface area (Å²) in [5, 5.41) is 0. The first-order valence-corrected chi connectivity index (χ1v) is 6.64. The summed E-state index contributed by atoms with van der Waals surface area (Å²) in [7, 11) is 1.38. The molecule has 1 aromatic carbocycles. The highest BCUT2D eigenvalue weighted by molar-refractivity contribution is 5.89. The summed E-state index contributed by atoms with van der Waals surface area (Å²) in [5.41, 5.74) is 1.66. The van der Waals surface area contributed by atoms with Crippen LogP contribution in [0, 0.1) is 0 Å². The fourth-order valence-electron chi connectivity index (χ4n) is 2.43. The van der Waals surface area contributed by atoms with Crippen LogP contribution in [0.3, 0.4) is 0 Å². The van der Waals surface area contributed by atoms with E-state index in [2.05, 4.69) is 4.74 Å². The highest BCUT2D eigenvalue weighted by Crippen LogP contribution is 2.30. The quantitative estimate of drug-likeness (QED) is 0.767. The minimum atomic E-state index is -0.485. The Labute approximate surface area is 113 Å². The van der Waals surface area contributed by atoms with Crippen molar-refractivity contribution in [1.82, 2.24) is 0 Å². The van der Waals surface area contributed by atoms with E-state index in [0.717, 1.165) is 25.0 Å². The number of rotatable bonds is 5. The van der Waals surface area contributed by atoms with Crippen LogP contribution >= 0.6 is 0 Å². The van der Waals surface area contributed by atoms with E-state index in [9.17, 15) is 4.79 Å². The molecule has 104 valence electrons. The number of hydrogen-bond acceptors (Lipinski definition) is 4. The van der Waals surface area contributed by atoms with Crippen molar-refractivity contribution in [3.63, 3.8) is 0 Å². The van der Waals surface area contributed by atoms with E-state index in [1.807, 2.05) is 19.1 Å². The number of carbonyl (C=O) groups is 1. The van der Waals surface area contributed by atoms with Crippen LogP contribution in [-0.2, 0) is 20.6 Å². The Bertz CT molecular complexity index is 418. The van der Waals surface area contributed by atoms with Crippen LogP contribution in [0.1, 0.15) is 35.7 Å². The van der Waals surface area contributed by atoms with Crippen molar-refractivity contribution in [2.24, 2.45) is 0 Å². The van der Waals surface area contributed by atoms with Crippen LogP contribution < -0.4 is 0 Å². The van der Waals surface area contributed by atoms with Crippen LogP contribution in [-0.4, -0.2) is 32.1 Å². The summed E-state index contributed by atoms with van der Waals surface area (Å²) in [6.45, 7) is 3.37. The molecule has 1 fully saturated rings. The van der Waals surface area contributed by atoms with Gasteiger partial charge in [-0.1, -0.05) is 12.1 Å². The van der Waals surface area contributed by atoms with Gasteiger partial charge in [0.25, 0.3) is 0 Å². The number of ether oxygens (including phenoxy) is 3. The Kier molecular flexibility index (Phi) is 4.56. The smallest absolute Gasteiger partial charge is 0.337 e. The van der Waals surface area contributed by atoms with Crippen molar-refractivity contribution < 1.29 is 19.0 Å². The van der Waals surface area contributed by atoms with E-state index >= 15 is 0 Å². The molecule has 4 heteroatoms. The van der Waals surface area contributed by atoms with Gasteiger partial charge in [0, 0.05) is 19.4 Å². The van der Waals surface area contributed by atoms with Gasteiger partial charge in [0.05, 0.1) is 19.3 Å². The van der Waals surface area contributed by atoms with E-state index in [0.29, 0.717) is 18.6 Å². The van der Waals surface area contributed by atoms with Gasteiger partial charge in [-0.25, -0.2) is 4.79 Å². The van der Waals surface area contributed by atoms with Gasteiger partial charge in [-0.05, 0) is 31.0 Å². The molecule has 1 unspecified atom stereocenters. The lowest BCUT2D eigenvalue weighted by molar-refractivity contribution is -0.206. The second kappa shape index (κ2) is 6.17. The molecule has 0 aliphatic carbocycles. The zero-order valence-corrected chi connectivity index (χ0v) is 11.5. The molecule has 1 aliphatic rings. The normalized spacial score (nSPS) is 22.4. The average molecular weight is 264 g/mol. The van der Waals surface area contributed by atoms with Gasteiger partial charge in [0.2, 0.25) is 0 Å². The van der Waals surface area contributed by atoms with Gasteiger partial charge >= 0.3 is 5.97 Å². The lowest BCUT2D eigenvalue weighted by atomic mass is 10.0. The van der Waals surface area contributed by atoms with Crippen LogP contribution in [0.25, 0.3) is 0 Å². The highest BCUT2D eigenvalue weighted by Gasteiger charge is 2.35. The minimum Gasteiger partial charge on any atom is -0.465 e. The highest BCUT2D eigenvalue weighted by atomic mass is 16.7. The molecular formula is C15H20O4. The lowest BCUT2D eigenvalue weighted by Gasteiger charge is -2.28. The van der Waals surface area contributed by atoms with E-state index in [1.54, 1.807) is 12.1 Å². The van der Waals surface area contributed by atoms with Crippen molar-refractivity contribution >= 4 is 5.97 Å². The van der Waals surface area contributed by atoms with Gasteiger partial charge in [-0.3, -0.25) is 0 Å². The molecule has 19 heavy (non-hydrogen) atoms. The Morgan fingerprint density at radius 2 is 2.11 bits per heavy atom. The zero-order valence-electron chi connectivity index (χ0n) is 11.5. The molecule has 2 rings (SSSR count). The van der Waals surface area contributed by atoms with Gasteiger partial charge in [0.1, 0.15) is 0 Å². The second-order valence-electron chi connectivity index (χ2n) is 4.66. The molecule has 1 heterocycles. The Morgan fingerprint density at radius 1 is 1.37 bits per heavy atom. The van der Waals surface area contributed by atoms with Gasteiger partial charge in [-0.15, -0.1) is 0 Å². The Balaban J connectivity index is 2.07. The molecule has 0 saturated carbocycles. The molecule has 1 aliphatic heterocycles. The van der Waals surface area contributed by atoms with Gasteiger partial charge in [0.15, 0.2) is 5.79 Å². The molecule has 0 bridgehead atoms. The molecule has 0 spiro atoms. The molecule has 0 amide bonds. The third-order valence-electron chi connectivity index (χ3n) is 3.32. The second-order valence-corrected chi connectivity index (χ2v) is 4.66. The Hall–Kier alpha value is -1.39. The van der Waals surface area contributed by atoms with Crippen LogP contribution in [0.2, 0.25) is 0 Å². The predicted octanol–water partition coefficient (Wildman–Crippen LogP) is 2.56. The number of methoxy groups -OCH3 is 1. The molecule has 0 N–H and O–H groups in total. The van der Waals surface area contributed by atoms with Crippen LogP contribution in [0.15, 0.2) is 24.3 Å². The molecule has 1 saturated heterocycles. The molecule has 0 aromatic heterocycles. The van der Waals surface area contributed by atoms with Crippen molar-refractivity contribution in [3.05, 3.63) is 35.4 Å².